The molecule has 1 heterocycles. The first kappa shape index (κ1) is 12.2. The number of carbonyl (C=O) groups excluding carboxylic acids is 2. The van der Waals surface area contributed by atoms with Crippen molar-refractivity contribution < 1.29 is 9.59 Å². The summed E-state index contributed by atoms with van der Waals surface area (Å²) in [7, 11) is 0. The predicted octanol–water partition coefficient (Wildman–Crippen LogP) is 2.82. The van der Waals surface area contributed by atoms with E-state index in [9.17, 15) is 9.59 Å². The van der Waals surface area contributed by atoms with Crippen molar-refractivity contribution >= 4 is 17.4 Å². The highest BCUT2D eigenvalue weighted by atomic mass is 16.2. The zero-order valence-electron chi connectivity index (χ0n) is 11.2. The Hall–Kier alpha value is -1.90. The van der Waals surface area contributed by atoms with Gasteiger partial charge in [0, 0.05) is 11.6 Å². The number of Topliss-reactive ketones (excluding diaryl/α,β-unsaturated/α-hetero) is 1. The molecule has 2 aliphatic rings. The van der Waals surface area contributed by atoms with Crippen LogP contribution in [0.15, 0.2) is 35.9 Å². The minimum Gasteiger partial charge on any atom is -0.325 e. The summed E-state index contributed by atoms with van der Waals surface area (Å²) in [6.45, 7) is 3.63. The summed E-state index contributed by atoms with van der Waals surface area (Å²) < 4.78 is 0. The number of benzene rings is 1. The smallest absolute Gasteiger partial charge is 0.236 e. The van der Waals surface area contributed by atoms with Gasteiger partial charge in [0.15, 0.2) is 0 Å². The molecule has 0 saturated carbocycles. The molecule has 0 aromatic heterocycles. The highest BCUT2D eigenvalue weighted by Crippen LogP contribution is 2.50. The zero-order valence-corrected chi connectivity index (χ0v) is 11.2. The molecule has 0 radical (unpaired) electrons. The first-order valence-corrected chi connectivity index (χ1v) is 6.63. The van der Waals surface area contributed by atoms with Gasteiger partial charge in [-0.2, -0.15) is 0 Å². The maximum absolute atomic E-state index is 12.5. The molecule has 1 N–H and O–H groups in total. The van der Waals surface area contributed by atoms with Gasteiger partial charge < -0.3 is 5.32 Å². The quantitative estimate of drug-likeness (QED) is 0.784. The van der Waals surface area contributed by atoms with Crippen molar-refractivity contribution in [2.75, 3.05) is 5.32 Å². The molecule has 1 aliphatic carbocycles. The van der Waals surface area contributed by atoms with Gasteiger partial charge in [-0.3, -0.25) is 9.59 Å². The molecule has 1 aromatic rings. The molecule has 0 fully saturated rings. The average Bonchev–Trinajstić information content (AvgIpc) is 2.66. The highest BCUT2D eigenvalue weighted by molar-refractivity contribution is 6.09. The molecule has 1 amide bonds. The second kappa shape index (κ2) is 4.05. The number of ketones is 1. The fourth-order valence-corrected chi connectivity index (χ4v) is 3.43. The summed E-state index contributed by atoms with van der Waals surface area (Å²) in [4.78, 5) is 24.6. The van der Waals surface area contributed by atoms with E-state index >= 15 is 0 Å². The fraction of sp³-hybridized carbons (Fsp3) is 0.375. The van der Waals surface area contributed by atoms with E-state index in [2.05, 4.69) is 11.4 Å². The lowest BCUT2D eigenvalue weighted by molar-refractivity contribution is -0.131. The fourth-order valence-electron chi connectivity index (χ4n) is 3.43. The predicted molar refractivity (Wildman–Crippen MR) is 73.9 cm³/mol. The number of hydrogen-bond donors (Lipinski definition) is 1. The van der Waals surface area contributed by atoms with E-state index in [1.165, 1.54) is 5.57 Å². The second-order valence-corrected chi connectivity index (χ2v) is 5.59. The van der Waals surface area contributed by atoms with Crippen molar-refractivity contribution in [3.8, 4) is 0 Å². The minimum atomic E-state index is -0.693. The van der Waals surface area contributed by atoms with Crippen LogP contribution in [-0.4, -0.2) is 11.7 Å². The van der Waals surface area contributed by atoms with Crippen molar-refractivity contribution in [3.05, 3.63) is 41.5 Å². The number of nitrogens with one attached hydrogen (secondary N) is 1. The van der Waals surface area contributed by atoms with Crippen LogP contribution in [0.2, 0.25) is 0 Å². The van der Waals surface area contributed by atoms with Gasteiger partial charge in [0.1, 0.15) is 5.78 Å². The molecule has 3 nitrogen and oxygen atoms in total. The van der Waals surface area contributed by atoms with Gasteiger partial charge in [0.2, 0.25) is 5.91 Å². The number of carbonyl (C=O) groups is 2. The molecule has 3 rings (SSSR count). The maximum atomic E-state index is 12.5. The lowest BCUT2D eigenvalue weighted by atomic mass is 9.62. The summed E-state index contributed by atoms with van der Waals surface area (Å²) in [5.74, 6) is -0.182. The standard InChI is InChI=1S/C16H17NO2/c1-10-7-8-16(13(9-10)11(2)18)12-5-3-4-6-14(12)17-15(16)19/h3-7,13H,8-9H2,1-2H3,(H,17,19)/t13-,16+/m1/s1. The summed E-state index contributed by atoms with van der Waals surface area (Å²) in [6.07, 6.45) is 3.39. The van der Waals surface area contributed by atoms with E-state index in [1.54, 1.807) is 6.92 Å². The number of allylic oxidation sites excluding steroid dienone is 2. The van der Waals surface area contributed by atoms with E-state index in [1.807, 2.05) is 31.2 Å². The van der Waals surface area contributed by atoms with Gasteiger partial charge in [-0.05, 0) is 38.3 Å². The molecule has 1 spiro atoms. The van der Waals surface area contributed by atoms with Crippen LogP contribution in [0.1, 0.15) is 32.3 Å². The van der Waals surface area contributed by atoms with E-state index in [4.69, 9.17) is 0 Å². The molecule has 0 bridgehead atoms. The zero-order chi connectivity index (χ0) is 13.6. The normalized spacial score (nSPS) is 28.8. The Morgan fingerprint density at radius 1 is 1.37 bits per heavy atom. The van der Waals surface area contributed by atoms with Gasteiger partial charge in [-0.25, -0.2) is 0 Å². The molecule has 0 unspecified atom stereocenters. The van der Waals surface area contributed by atoms with Gasteiger partial charge in [-0.1, -0.05) is 29.8 Å². The first-order chi connectivity index (χ1) is 9.05. The average molecular weight is 255 g/mol. The third kappa shape index (κ3) is 1.57. The lowest BCUT2D eigenvalue weighted by Gasteiger charge is -2.37. The van der Waals surface area contributed by atoms with E-state index in [-0.39, 0.29) is 17.6 Å². The van der Waals surface area contributed by atoms with Gasteiger partial charge in [0.05, 0.1) is 5.41 Å². The number of anilines is 1. The lowest BCUT2D eigenvalue weighted by Crippen LogP contribution is -2.46. The maximum Gasteiger partial charge on any atom is 0.236 e. The Morgan fingerprint density at radius 2 is 2.11 bits per heavy atom. The Bertz CT molecular complexity index is 603. The van der Waals surface area contributed by atoms with Crippen LogP contribution >= 0.6 is 0 Å². The Labute approximate surface area is 112 Å². The van der Waals surface area contributed by atoms with Crippen molar-refractivity contribution in [3.63, 3.8) is 0 Å². The van der Waals surface area contributed by atoms with Crippen molar-refractivity contribution in [2.24, 2.45) is 5.92 Å². The van der Waals surface area contributed by atoms with Crippen molar-refractivity contribution in [1.82, 2.24) is 0 Å². The van der Waals surface area contributed by atoms with Crippen LogP contribution in [-0.2, 0) is 15.0 Å². The molecule has 3 heteroatoms. The van der Waals surface area contributed by atoms with Crippen LogP contribution in [0, 0.1) is 5.92 Å². The third-order valence-corrected chi connectivity index (χ3v) is 4.45. The van der Waals surface area contributed by atoms with Crippen LogP contribution in [0.3, 0.4) is 0 Å². The van der Waals surface area contributed by atoms with Crippen LogP contribution < -0.4 is 5.32 Å². The topological polar surface area (TPSA) is 46.2 Å². The first-order valence-electron chi connectivity index (χ1n) is 6.63. The van der Waals surface area contributed by atoms with Crippen LogP contribution in [0.5, 0.6) is 0 Å². The highest BCUT2D eigenvalue weighted by Gasteiger charge is 2.54. The second-order valence-electron chi connectivity index (χ2n) is 5.59. The van der Waals surface area contributed by atoms with E-state index in [0.29, 0.717) is 12.8 Å². The van der Waals surface area contributed by atoms with Gasteiger partial charge in [0.25, 0.3) is 0 Å². The van der Waals surface area contributed by atoms with E-state index < -0.39 is 5.41 Å². The van der Waals surface area contributed by atoms with Crippen molar-refractivity contribution in [2.45, 2.75) is 32.1 Å². The summed E-state index contributed by atoms with van der Waals surface area (Å²) >= 11 is 0. The van der Waals surface area contributed by atoms with Gasteiger partial charge in [-0.15, -0.1) is 0 Å². The monoisotopic (exact) mass is 255 g/mol. The SMILES string of the molecule is CC(=O)[C@H]1CC(C)=CC[C@@]12C(=O)Nc1ccccc12. The molecule has 19 heavy (non-hydrogen) atoms. The Balaban J connectivity index is 2.21. The Morgan fingerprint density at radius 3 is 2.84 bits per heavy atom. The van der Waals surface area contributed by atoms with Gasteiger partial charge >= 0.3 is 0 Å². The largest absolute Gasteiger partial charge is 0.325 e. The van der Waals surface area contributed by atoms with Crippen molar-refractivity contribution in [1.29, 1.82) is 0 Å². The number of amides is 1. The number of rotatable bonds is 1. The van der Waals surface area contributed by atoms with Crippen LogP contribution in [0.4, 0.5) is 5.69 Å². The Kier molecular flexibility index (Phi) is 2.59. The molecular formula is C16H17NO2. The number of para-hydroxylation sites is 1. The third-order valence-electron chi connectivity index (χ3n) is 4.45. The summed E-state index contributed by atoms with van der Waals surface area (Å²) in [5.41, 5.74) is 2.33. The number of hydrogen-bond acceptors (Lipinski definition) is 2. The summed E-state index contributed by atoms with van der Waals surface area (Å²) in [5, 5.41) is 2.94. The minimum absolute atomic E-state index is 0.0300. The molecule has 1 aliphatic heterocycles. The summed E-state index contributed by atoms with van der Waals surface area (Å²) in [6, 6.07) is 7.72. The molecular weight excluding hydrogens is 238 g/mol. The van der Waals surface area contributed by atoms with E-state index in [0.717, 1.165) is 11.3 Å². The molecule has 98 valence electrons. The van der Waals surface area contributed by atoms with Crippen LogP contribution in [0.25, 0.3) is 0 Å². The number of fused-ring (bicyclic) bond motifs is 2. The molecule has 1 aromatic carbocycles. The molecule has 2 atom stereocenters. The molecule has 0 saturated heterocycles.